The molecule has 0 saturated carbocycles. The van der Waals surface area contributed by atoms with E-state index in [9.17, 15) is 4.79 Å². The van der Waals surface area contributed by atoms with Crippen LogP contribution in [0.5, 0.6) is 0 Å². The summed E-state index contributed by atoms with van der Waals surface area (Å²) in [7, 11) is -0.139. The van der Waals surface area contributed by atoms with Gasteiger partial charge in [0, 0.05) is 14.4 Å². The first-order valence-corrected chi connectivity index (χ1v) is 7.79. The van der Waals surface area contributed by atoms with Gasteiger partial charge in [0.25, 0.3) is 0 Å². The molecule has 0 radical (unpaired) electrons. The zero-order valence-corrected chi connectivity index (χ0v) is 9.71. The largest absolute Gasteiger partial charge is 0.478 e. The number of hydrogen-bond donors (Lipinski definition) is 1. The van der Waals surface area contributed by atoms with E-state index in [2.05, 4.69) is 26.2 Å². The van der Waals surface area contributed by atoms with Gasteiger partial charge in [-0.2, -0.15) is 0 Å². The Kier molecular flexibility index (Phi) is 9.93. The van der Waals surface area contributed by atoms with Gasteiger partial charge in [0.15, 0.2) is 0 Å². The van der Waals surface area contributed by atoms with Crippen LogP contribution in [0.25, 0.3) is 0 Å². The van der Waals surface area contributed by atoms with E-state index in [1.165, 1.54) is 0 Å². The third-order valence-corrected chi connectivity index (χ3v) is 0.854. The zero-order chi connectivity index (χ0) is 10.1. The molecular weight excluding hydrogens is 168 g/mol. The van der Waals surface area contributed by atoms with Crippen molar-refractivity contribution >= 4 is 14.8 Å². The molecule has 1 N–H and O–H groups in total. The molecule has 0 aliphatic heterocycles. The van der Waals surface area contributed by atoms with Crippen LogP contribution in [0.1, 0.15) is 19.8 Å². The highest BCUT2D eigenvalue weighted by atomic mass is 28.3. The standard InChI is InChI=1S/C6H10O2.C3H10Si/c1-3-4-5(2)6(7)8;1-4(2)3/h2-4H2,1H3,(H,7,8);4H,1-3H3. The van der Waals surface area contributed by atoms with Crippen molar-refractivity contribution in [3.63, 3.8) is 0 Å². The third kappa shape index (κ3) is 16.2. The van der Waals surface area contributed by atoms with Crippen molar-refractivity contribution in [3.8, 4) is 0 Å². The molecular formula is C9H20O2Si. The van der Waals surface area contributed by atoms with Crippen LogP contribution in [-0.4, -0.2) is 19.9 Å². The summed E-state index contributed by atoms with van der Waals surface area (Å²) in [5, 5.41) is 8.21. The summed E-state index contributed by atoms with van der Waals surface area (Å²) >= 11 is 0. The zero-order valence-electron chi connectivity index (χ0n) is 8.55. The van der Waals surface area contributed by atoms with E-state index < -0.39 is 5.97 Å². The van der Waals surface area contributed by atoms with Crippen molar-refractivity contribution in [2.75, 3.05) is 0 Å². The Morgan fingerprint density at radius 2 is 1.75 bits per heavy atom. The second-order valence-corrected chi connectivity index (χ2v) is 6.85. The van der Waals surface area contributed by atoms with Gasteiger partial charge in [-0.3, -0.25) is 0 Å². The van der Waals surface area contributed by atoms with Crippen LogP contribution in [0.3, 0.4) is 0 Å². The monoisotopic (exact) mass is 188 g/mol. The Morgan fingerprint density at radius 1 is 1.42 bits per heavy atom. The van der Waals surface area contributed by atoms with Gasteiger partial charge in [-0.1, -0.05) is 39.6 Å². The second kappa shape index (κ2) is 8.52. The highest BCUT2D eigenvalue weighted by Crippen LogP contribution is 1.99. The SMILES string of the molecule is C=C(CCC)C(=O)O.C[SiH](C)C. The molecule has 0 fully saturated rings. The van der Waals surface area contributed by atoms with Crippen LogP contribution >= 0.6 is 0 Å². The number of rotatable bonds is 3. The molecule has 0 aromatic carbocycles. The molecule has 0 heterocycles. The van der Waals surface area contributed by atoms with Crippen molar-refractivity contribution < 1.29 is 9.90 Å². The molecule has 0 unspecified atom stereocenters. The lowest BCUT2D eigenvalue weighted by atomic mass is 10.2. The van der Waals surface area contributed by atoms with E-state index in [0.29, 0.717) is 12.0 Å². The summed E-state index contributed by atoms with van der Waals surface area (Å²) in [6.45, 7) is 12.2. The molecule has 2 nitrogen and oxygen atoms in total. The fourth-order valence-corrected chi connectivity index (χ4v) is 0.409. The van der Waals surface area contributed by atoms with Gasteiger partial charge in [0.05, 0.1) is 0 Å². The Bertz CT molecular complexity index is 139. The molecule has 0 bridgehead atoms. The first-order chi connectivity index (χ1) is 5.41. The molecule has 12 heavy (non-hydrogen) atoms. The lowest BCUT2D eigenvalue weighted by molar-refractivity contribution is -0.132. The third-order valence-electron chi connectivity index (χ3n) is 0.854. The van der Waals surface area contributed by atoms with E-state index >= 15 is 0 Å². The minimum Gasteiger partial charge on any atom is -0.478 e. The molecule has 3 heteroatoms. The molecule has 0 spiro atoms. The van der Waals surface area contributed by atoms with Crippen LogP contribution in [0.4, 0.5) is 0 Å². The minimum absolute atomic E-state index is 0.139. The average molecular weight is 188 g/mol. The quantitative estimate of drug-likeness (QED) is 0.546. The molecule has 0 saturated heterocycles. The highest BCUT2D eigenvalue weighted by Gasteiger charge is 1.99. The van der Waals surface area contributed by atoms with Crippen molar-refractivity contribution in [2.45, 2.75) is 39.4 Å². The van der Waals surface area contributed by atoms with Gasteiger partial charge in [-0.15, -0.1) is 0 Å². The fraction of sp³-hybridized carbons (Fsp3) is 0.667. The first-order valence-electron chi connectivity index (χ1n) is 4.32. The van der Waals surface area contributed by atoms with Crippen LogP contribution in [-0.2, 0) is 4.79 Å². The lowest BCUT2D eigenvalue weighted by Gasteiger charge is -1.92. The van der Waals surface area contributed by atoms with E-state index in [0.717, 1.165) is 6.42 Å². The molecule has 0 rings (SSSR count). The maximum absolute atomic E-state index is 9.99. The Labute approximate surface area is 76.9 Å². The Morgan fingerprint density at radius 3 is 1.83 bits per heavy atom. The maximum Gasteiger partial charge on any atom is 0.330 e. The van der Waals surface area contributed by atoms with E-state index in [-0.39, 0.29) is 8.80 Å². The summed E-state index contributed by atoms with van der Waals surface area (Å²) in [5.74, 6) is -0.883. The summed E-state index contributed by atoms with van der Waals surface area (Å²) in [6, 6.07) is 0. The second-order valence-electron chi connectivity index (χ2n) is 3.39. The summed E-state index contributed by atoms with van der Waals surface area (Å²) in [4.78, 5) is 9.99. The summed E-state index contributed by atoms with van der Waals surface area (Å²) < 4.78 is 0. The number of carboxylic acid groups (broad SMARTS) is 1. The van der Waals surface area contributed by atoms with Crippen molar-refractivity contribution in [3.05, 3.63) is 12.2 Å². The molecule has 0 aliphatic rings. The molecule has 0 aromatic rings. The Balaban J connectivity index is 0. The predicted molar refractivity (Wildman–Crippen MR) is 56.4 cm³/mol. The number of aliphatic carboxylic acids is 1. The first kappa shape index (κ1) is 14.0. The summed E-state index contributed by atoms with van der Waals surface area (Å²) in [6.07, 6.45) is 1.44. The Hall–Kier alpha value is -0.573. The van der Waals surface area contributed by atoms with Gasteiger partial charge in [-0.05, 0) is 6.42 Å². The summed E-state index contributed by atoms with van der Waals surface area (Å²) in [5.41, 5.74) is 0.299. The van der Waals surface area contributed by atoms with Crippen molar-refractivity contribution in [2.24, 2.45) is 0 Å². The predicted octanol–water partition coefficient (Wildman–Crippen LogP) is 2.53. The number of carbonyl (C=O) groups is 1. The number of hydrogen-bond acceptors (Lipinski definition) is 1. The lowest BCUT2D eigenvalue weighted by Crippen LogP contribution is -1.97. The smallest absolute Gasteiger partial charge is 0.330 e. The van der Waals surface area contributed by atoms with Crippen LogP contribution in [0.2, 0.25) is 19.6 Å². The topological polar surface area (TPSA) is 37.3 Å². The molecule has 0 atom stereocenters. The minimum atomic E-state index is -0.883. The normalized spacial score (nSPS) is 8.75. The molecule has 0 aliphatic carbocycles. The van der Waals surface area contributed by atoms with Crippen LogP contribution < -0.4 is 0 Å². The fourth-order valence-electron chi connectivity index (χ4n) is 0.409. The molecule has 0 amide bonds. The highest BCUT2D eigenvalue weighted by molar-refractivity contribution is 6.54. The van der Waals surface area contributed by atoms with E-state index in [1.54, 1.807) is 0 Å². The van der Waals surface area contributed by atoms with Gasteiger partial charge < -0.3 is 5.11 Å². The molecule has 0 aromatic heterocycles. The maximum atomic E-state index is 9.99. The van der Waals surface area contributed by atoms with Gasteiger partial charge in [0.2, 0.25) is 0 Å². The number of carboxylic acids is 1. The molecule has 72 valence electrons. The van der Waals surface area contributed by atoms with Crippen molar-refractivity contribution in [1.82, 2.24) is 0 Å². The average Bonchev–Trinajstić information content (AvgIpc) is 1.86. The van der Waals surface area contributed by atoms with Crippen molar-refractivity contribution in [1.29, 1.82) is 0 Å². The van der Waals surface area contributed by atoms with Gasteiger partial charge in [0.1, 0.15) is 0 Å². The van der Waals surface area contributed by atoms with Gasteiger partial charge >= 0.3 is 5.97 Å². The van der Waals surface area contributed by atoms with E-state index in [4.69, 9.17) is 5.11 Å². The van der Waals surface area contributed by atoms with E-state index in [1.807, 2.05) is 6.92 Å². The van der Waals surface area contributed by atoms with Crippen LogP contribution in [0, 0.1) is 0 Å². The van der Waals surface area contributed by atoms with Gasteiger partial charge in [-0.25, -0.2) is 4.79 Å². The van der Waals surface area contributed by atoms with Crippen LogP contribution in [0.15, 0.2) is 12.2 Å².